The molecule has 2 atom stereocenters. The average molecular weight is 349 g/mol. The number of ether oxygens (including phenoxy) is 1. The molecular weight excluding hydrogens is 318 g/mol. The Morgan fingerprint density at radius 3 is 2.32 bits per heavy atom. The summed E-state index contributed by atoms with van der Waals surface area (Å²) in [5.41, 5.74) is 6.98. The smallest absolute Gasteiger partial charge is 0.320 e. The van der Waals surface area contributed by atoms with Crippen LogP contribution in [-0.2, 0) is 16.0 Å². The molecule has 140 valence electrons. The van der Waals surface area contributed by atoms with Crippen molar-refractivity contribution in [2.45, 2.75) is 65.0 Å². The summed E-state index contributed by atoms with van der Waals surface area (Å²) in [6, 6.07) is 6.12. The fourth-order valence-corrected chi connectivity index (χ4v) is 2.57. The first-order chi connectivity index (χ1) is 12.0. The van der Waals surface area contributed by atoms with Crippen molar-refractivity contribution in [1.82, 2.24) is 0 Å². The summed E-state index contributed by atoms with van der Waals surface area (Å²) < 4.78 is 5.81. The Balaban J connectivity index is 0.00000151. The highest BCUT2D eigenvalue weighted by molar-refractivity contribution is 5.96. The Labute approximate surface area is 150 Å². The standard InChI is InChI=1S/C18H25NO4.C2H6/c1-2-9-23-17(14-7-8-14)11-16(20)13-5-3-12(4-6-13)10-15(19)18(21)22;1-2/h3-6,14-15,17H,2,7-11,19H2,1H3,(H,21,22);1-2H3. The molecule has 0 saturated heterocycles. The van der Waals surface area contributed by atoms with Gasteiger partial charge in [0.1, 0.15) is 6.04 Å². The molecule has 1 aromatic carbocycles. The molecule has 1 aliphatic carbocycles. The highest BCUT2D eigenvalue weighted by Gasteiger charge is 2.33. The van der Waals surface area contributed by atoms with Crippen LogP contribution >= 0.6 is 0 Å². The SMILES string of the molecule is CC.CCCOC(CC(=O)c1ccc(CC(N)C(=O)O)cc1)C1CC1. The van der Waals surface area contributed by atoms with Crippen molar-refractivity contribution >= 4 is 11.8 Å². The number of hydrogen-bond acceptors (Lipinski definition) is 4. The molecule has 1 fully saturated rings. The van der Waals surface area contributed by atoms with Gasteiger partial charge in [-0.3, -0.25) is 9.59 Å². The number of ketones is 1. The Kier molecular flexibility index (Phi) is 9.39. The molecule has 2 rings (SSSR count). The maximum absolute atomic E-state index is 12.4. The van der Waals surface area contributed by atoms with Crippen LogP contribution in [0.15, 0.2) is 24.3 Å². The molecule has 0 bridgehead atoms. The van der Waals surface area contributed by atoms with Crippen LogP contribution in [0.5, 0.6) is 0 Å². The third-order valence-corrected chi connectivity index (χ3v) is 4.12. The van der Waals surface area contributed by atoms with Crippen LogP contribution in [-0.4, -0.2) is 35.6 Å². The minimum atomic E-state index is -1.02. The summed E-state index contributed by atoms with van der Waals surface area (Å²) in [6.07, 6.45) is 3.95. The van der Waals surface area contributed by atoms with E-state index in [2.05, 4.69) is 6.92 Å². The third-order valence-electron chi connectivity index (χ3n) is 4.12. The van der Waals surface area contributed by atoms with Crippen LogP contribution < -0.4 is 5.73 Å². The van der Waals surface area contributed by atoms with Gasteiger partial charge >= 0.3 is 5.97 Å². The van der Waals surface area contributed by atoms with Crippen LogP contribution in [0.1, 0.15) is 62.4 Å². The fraction of sp³-hybridized carbons (Fsp3) is 0.600. The van der Waals surface area contributed by atoms with Crippen LogP contribution in [0.3, 0.4) is 0 Å². The van der Waals surface area contributed by atoms with E-state index in [-0.39, 0.29) is 18.3 Å². The van der Waals surface area contributed by atoms with E-state index in [4.69, 9.17) is 15.6 Å². The molecule has 0 radical (unpaired) electrons. The number of nitrogens with two attached hydrogens (primary N) is 1. The van der Waals surface area contributed by atoms with Gasteiger partial charge in [0.2, 0.25) is 0 Å². The summed E-state index contributed by atoms with van der Waals surface area (Å²) in [4.78, 5) is 23.2. The lowest BCUT2D eigenvalue weighted by atomic mass is 9.99. The zero-order valence-electron chi connectivity index (χ0n) is 15.5. The molecule has 0 aliphatic heterocycles. The summed E-state index contributed by atoms with van der Waals surface area (Å²) in [6.45, 7) is 6.76. The summed E-state index contributed by atoms with van der Waals surface area (Å²) in [7, 11) is 0. The van der Waals surface area contributed by atoms with E-state index < -0.39 is 12.0 Å². The van der Waals surface area contributed by atoms with Crippen molar-refractivity contribution in [2.75, 3.05) is 6.61 Å². The van der Waals surface area contributed by atoms with Gasteiger partial charge in [-0.1, -0.05) is 45.0 Å². The summed E-state index contributed by atoms with van der Waals surface area (Å²) in [5.74, 6) is -0.420. The van der Waals surface area contributed by atoms with Crippen molar-refractivity contribution in [1.29, 1.82) is 0 Å². The lowest BCUT2D eigenvalue weighted by Gasteiger charge is -2.16. The van der Waals surface area contributed by atoms with Gasteiger partial charge < -0.3 is 15.6 Å². The molecular formula is C20H31NO4. The summed E-state index contributed by atoms with van der Waals surface area (Å²) in [5, 5.41) is 8.82. The topological polar surface area (TPSA) is 89.6 Å². The minimum Gasteiger partial charge on any atom is -0.480 e. The number of hydrogen-bond donors (Lipinski definition) is 2. The van der Waals surface area contributed by atoms with Crippen LogP contribution in [0.2, 0.25) is 0 Å². The number of benzene rings is 1. The van der Waals surface area contributed by atoms with Gasteiger partial charge in [-0.2, -0.15) is 0 Å². The van der Waals surface area contributed by atoms with Crippen LogP contribution in [0.4, 0.5) is 0 Å². The normalized spacial score (nSPS) is 15.7. The van der Waals surface area contributed by atoms with E-state index in [9.17, 15) is 9.59 Å². The highest BCUT2D eigenvalue weighted by Crippen LogP contribution is 2.36. The second-order valence-electron chi connectivity index (χ2n) is 6.22. The molecule has 1 saturated carbocycles. The molecule has 0 aromatic heterocycles. The first-order valence-corrected chi connectivity index (χ1v) is 9.23. The zero-order valence-corrected chi connectivity index (χ0v) is 15.5. The Bertz CT molecular complexity index is 537. The second kappa shape index (κ2) is 11.0. The predicted octanol–water partition coefficient (Wildman–Crippen LogP) is 3.45. The Hall–Kier alpha value is -1.72. The average Bonchev–Trinajstić information content (AvgIpc) is 3.45. The van der Waals surface area contributed by atoms with Gasteiger partial charge in [0.25, 0.3) is 0 Å². The Morgan fingerprint density at radius 1 is 1.24 bits per heavy atom. The zero-order chi connectivity index (χ0) is 18.8. The molecule has 5 heteroatoms. The maximum atomic E-state index is 12.4. The molecule has 0 heterocycles. The van der Waals surface area contributed by atoms with Crippen molar-refractivity contribution in [2.24, 2.45) is 11.7 Å². The lowest BCUT2D eigenvalue weighted by molar-refractivity contribution is -0.138. The minimum absolute atomic E-state index is 0.0301. The fourth-order valence-electron chi connectivity index (χ4n) is 2.57. The molecule has 25 heavy (non-hydrogen) atoms. The number of Topliss-reactive ketones (excluding diaryl/α,β-unsaturated/α-hetero) is 1. The first-order valence-electron chi connectivity index (χ1n) is 9.23. The highest BCUT2D eigenvalue weighted by atomic mass is 16.5. The van der Waals surface area contributed by atoms with E-state index in [1.54, 1.807) is 24.3 Å². The van der Waals surface area contributed by atoms with Crippen LogP contribution in [0.25, 0.3) is 0 Å². The van der Waals surface area contributed by atoms with Crippen molar-refractivity contribution in [3.05, 3.63) is 35.4 Å². The van der Waals surface area contributed by atoms with E-state index in [0.29, 0.717) is 24.5 Å². The molecule has 1 aromatic rings. The number of aliphatic carboxylic acids is 1. The number of rotatable bonds is 10. The summed E-state index contributed by atoms with van der Waals surface area (Å²) >= 11 is 0. The number of carboxylic acids is 1. The maximum Gasteiger partial charge on any atom is 0.320 e. The monoisotopic (exact) mass is 349 g/mol. The number of carbonyl (C=O) groups excluding carboxylic acids is 1. The molecule has 5 nitrogen and oxygen atoms in total. The van der Waals surface area contributed by atoms with Gasteiger partial charge in [-0.25, -0.2) is 0 Å². The Morgan fingerprint density at radius 2 is 1.84 bits per heavy atom. The number of carbonyl (C=O) groups is 2. The van der Waals surface area contributed by atoms with Crippen molar-refractivity contribution < 1.29 is 19.4 Å². The quantitative estimate of drug-likeness (QED) is 0.632. The van der Waals surface area contributed by atoms with Gasteiger partial charge in [-0.05, 0) is 37.2 Å². The van der Waals surface area contributed by atoms with Crippen molar-refractivity contribution in [3.63, 3.8) is 0 Å². The van der Waals surface area contributed by atoms with E-state index in [1.165, 1.54) is 0 Å². The van der Waals surface area contributed by atoms with Gasteiger partial charge in [-0.15, -0.1) is 0 Å². The van der Waals surface area contributed by atoms with Gasteiger partial charge in [0, 0.05) is 18.6 Å². The largest absolute Gasteiger partial charge is 0.480 e. The van der Waals surface area contributed by atoms with Gasteiger partial charge in [0.15, 0.2) is 5.78 Å². The first kappa shape index (κ1) is 21.3. The van der Waals surface area contributed by atoms with Crippen molar-refractivity contribution in [3.8, 4) is 0 Å². The van der Waals surface area contributed by atoms with Gasteiger partial charge in [0.05, 0.1) is 6.10 Å². The van der Waals surface area contributed by atoms with E-state index >= 15 is 0 Å². The molecule has 2 unspecified atom stereocenters. The van der Waals surface area contributed by atoms with Crippen LogP contribution in [0, 0.1) is 5.92 Å². The van der Waals surface area contributed by atoms with E-state index in [1.807, 2.05) is 13.8 Å². The number of carboxylic acid groups (broad SMARTS) is 1. The second-order valence-corrected chi connectivity index (χ2v) is 6.22. The molecule has 3 N–H and O–H groups in total. The third kappa shape index (κ3) is 7.36. The molecule has 0 spiro atoms. The molecule has 0 amide bonds. The lowest BCUT2D eigenvalue weighted by Crippen LogP contribution is -2.32. The van der Waals surface area contributed by atoms with E-state index in [0.717, 1.165) is 24.8 Å². The molecule has 1 aliphatic rings. The predicted molar refractivity (Wildman–Crippen MR) is 98.8 cm³/mol.